The number of nitrogens with zero attached hydrogens (tertiary/aromatic N) is 3. The summed E-state index contributed by atoms with van der Waals surface area (Å²) in [5, 5.41) is 15.4. The first-order valence-corrected chi connectivity index (χ1v) is 11.8. The van der Waals surface area contributed by atoms with Gasteiger partial charge in [-0.15, -0.1) is 5.10 Å². The maximum absolute atomic E-state index is 14.4. The smallest absolute Gasteiger partial charge is 0.349 e. The third kappa shape index (κ3) is 5.01. The quantitative estimate of drug-likeness (QED) is 0.115. The molecule has 0 radical (unpaired) electrons. The van der Waals surface area contributed by atoms with Gasteiger partial charge in [-0.05, 0) is 42.0 Å². The number of amidine groups is 1. The van der Waals surface area contributed by atoms with Gasteiger partial charge in [0.1, 0.15) is 17.6 Å². The van der Waals surface area contributed by atoms with Gasteiger partial charge in [-0.1, -0.05) is 0 Å². The number of anilines is 1. The van der Waals surface area contributed by atoms with Crippen molar-refractivity contribution in [2.24, 2.45) is 5.73 Å². The number of fused-ring (bicyclic) bond motifs is 1. The Kier molecular flexibility index (Phi) is 6.71. The number of esters is 1. The molecule has 12 nitrogen and oxygen atoms in total. The first kappa shape index (κ1) is 25.4. The summed E-state index contributed by atoms with van der Waals surface area (Å²) in [5.41, 5.74) is 7.20. The maximum atomic E-state index is 14.4. The van der Waals surface area contributed by atoms with E-state index in [1.807, 2.05) is 6.07 Å². The molecule has 0 saturated carbocycles. The molecule has 1 aliphatic rings. The topological polar surface area (TPSA) is 170 Å². The number of pyridine rings is 1. The molecule has 2 aromatic heterocycles. The van der Waals surface area contributed by atoms with Crippen LogP contribution in [0.3, 0.4) is 0 Å². The van der Waals surface area contributed by atoms with Crippen LogP contribution in [-0.2, 0) is 11.2 Å². The van der Waals surface area contributed by atoms with E-state index in [1.54, 1.807) is 12.1 Å². The molecular formula is C26H24FN7O5. The van der Waals surface area contributed by atoms with Crippen LogP contribution in [0.25, 0.3) is 5.82 Å². The number of rotatable bonds is 8. The van der Waals surface area contributed by atoms with E-state index in [2.05, 4.69) is 20.4 Å². The summed E-state index contributed by atoms with van der Waals surface area (Å²) in [4.78, 5) is 31.2. The number of nitrogen functional groups attached to an aromatic ring is 1. The molecule has 0 spiro atoms. The minimum atomic E-state index is -0.793. The minimum Gasteiger partial charge on any atom is -0.493 e. The molecule has 0 saturated heterocycles. The van der Waals surface area contributed by atoms with E-state index in [0.29, 0.717) is 35.8 Å². The Morgan fingerprint density at radius 2 is 2.10 bits per heavy atom. The van der Waals surface area contributed by atoms with Gasteiger partial charge in [0.05, 0.1) is 19.3 Å². The lowest BCUT2D eigenvalue weighted by atomic mass is 10.0. The number of aromatic amines is 1. The highest BCUT2D eigenvalue weighted by atomic mass is 19.1. The van der Waals surface area contributed by atoms with Gasteiger partial charge in [0, 0.05) is 36.9 Å². The predicted octanol–water partition coefficient (Wildman–Crippen LogP) is 2.45. The van der Waals surface area contributed by atoms with Crippen molar-refractivity contribution in [1.82, 2.24) is 19.7 Å². The molecule has 4 aromatic rings. The molecule has 0 fully saturated rings. The Morgan fingerprint density at radius 3 is 2.82 bits per heavy atom. The Labute approximate surface area is 221 Å². The van der Waals surface area contributed by atoms with E-state index in [9.17, 15) is 14.0 Å². The number of benzene rings is 2. The fourth-order valence-corrected chi connectivity index (χ4v) is 4.31. The van der Waals surface area contributed by atoms with Crippen molar-refractivity contribution in [2.45, 2.75) is 19.4 Å². The first-order valence-electron chi connectivity index (χ1n) is 11.8. The number of halogens is 1. The molecule has 200 valence electrons. The van der Waals surface area contributed by atoms with Gasteiger partial charge in [0.25, 0.3) is 0 Å². The molecule has 1 atom stereocenters. The molecule has 0 unspecified atom stereocenters. The fraction of sp³-hybridized carbons (Fsp3) is 0.192. The summed E-state index contributed by atoms with van der Waals surface area (Å²) < 4.78 is 31.8. The van der Waals surface area contributed by atoms with Crippen molar-refractivity contribution >= 4 is 17.5 Å². The molecule has 2 aromatic carbocycles. The maximum Gasteiger partial charge on any atom is 0.349 e. The van der Waals surface area contributed by atoms with Gasteiger partial charge in [-0.25, -0.2) is 14.2 Å². The Morgan fingerprint density at radius 1 is 1.28 bits per heavy atom. The molecule has 0 amide bonds. The highest BCUT2D eigenvalue weighted by Crippen LogP contribution is 2.40. The number of ether oxygens (including phenoxy) is 3. The average Bonchev–Trinajstić information content (AvgIpc) is 3.53. The van der Waals surface area contributed by atoms with E-state index < -0.39 is 23.5 Å². The summed E-state index contributed by atoms with van der Waals surface area (Å²) in [7, 11) is 1.52. The van der Waals surface area contributed by atoms with Crippen molar-refractivity contribution in [3.05, 3.63) is 87.5 Å². The number of carbonyl (C=O) groups is 1. The zero-order chi connectivity index (χ0) is 27.7. The molecule has 0 aliphatic carbocycles. The number of hydrogen-bond donors (Lipinski definition) is 4. The normalized spacial score (nSPS) is 12.8. The van der Waals surface area contributed by atoms with Crippen molar-refractivity contribution in [2.75, 3.05) is 19.0 Å². The summed E-state index contributed by atoms with van der Waals surface area (Å²) in [5.74, 6) is -0.484. The van der Waals surface area contributed by atoms with Gasteiger partial charge >= 0.3 is 11.7 Å². The molecule has 3 heterocycles. The number of nitrogens with two attached hydrogens (primary N) is 1. The van der Waals surface area contributed by atoms with Crippen molar-refractivity contribution < 1.29 is 23.4 Å². The third-order valence-electron chi connectivity index (χ3n) is 6.01. The zero-order valence-corrected chi connectivity index (χ0v) is 20.9. The summed E-state index contributed by atoms with van der Waals surface area (Å²) in [6.07, 6.45) is 2.01. The van der Waals surface area contributed by atoms with Gasteiger partial charge in [0.2, 0.25) is 0 Å². The number of nitrogens with one attached hydrogen (secondary N) is 3. The first-order chi connectivity index (χ1) is 18.7. The Hall–Kier alpha value is -5.20. The van der Waals surface area contributed by atoms with Gasteiger partial charge in [-0.2, -0.15) is 4.68 Å². The summed E-state index contributed by atoms with van der Waals surface area (Å²) >= 11 is 0. The van der Waals surface area contributed by atoms with Crippen LogP contribution in [0.4, 0.5) is 10.1 Å². The number of methoxy groups -OCH3 is 1. The summed E-state index contributed by atoms with van der Waals surface area (Å²) in [6.45, 7) is 1.73. The Bertz CT molecular complexity index is 1650. The highest BCUT2D eigenvalue weighted by molar-refractivity contribution is 5.98. The standard InChI is InChI=1S/C26H24FN7O5/c1-13(35)39-19-12-16(5-6-17(19)23(28)29)31-21(15-10-14-7-9-38-22(14)20(11-15)37-2)24-32-26(36)34(33-24)25-18(27)4-3-8-30-25/h3-6,8,10-12,21,31H,7,9H2,1-2H3,(H3,28,29)(H,32,33,36)/t21-/m0/s1. The largest absolute Gasteiger partial charge is 0.493 e. The van der Waals surface area contributed by atoms with Crippen molar-refractivity contribution in [1.29, 1.82) is 5.41 Å². The number of carbonyl (C=O) groups excluding carboxylic acids is 1. The van der Waals surface area contributed by atoms with E-state index in [1.165, 1.54) is 44.5 Å². The number of H-pyrrole nitrogens is 1. The number of aromatic nitrogens is 4. The second-order valence-corrected chi connectivity index (χ2v) is 8.64. The van der Waals surface area contributed by atoms with Crippen LogP contribution in [0.15, 0.2) is 53.5 Å². The molecule has 1 aliphatic heterocycles. The van der Waals surface area contributed by atoms with Gasteiger partial charge in [0.15, 0.2) is 29.0 Å². The average molecular weight is 534 g/mol. The van der Waals surface area contributed by atoms with E-state index in [4.69, 9.17) is 25.4 Å². The van der Waals surface area contributed by atoms with Crippen LogP contribution < -0.4 is 31.0 Å². The molecule has 13 heteroatoms. The molecule has 5 rings (SSSR count). The van der Waals surface area contributed by atoms with Crippen molar-refractivity contribution in [3.8, 4) is 23.1 Å². The van der Waals surface area contributed by atoms with Gasteiger partial charge < -0.3 is 25.3 Å². The van der Waals surface area contributed by atoms with Crippen LogP contribution in [0.1, 0.15) is 35.5 Å². The van der Waals surface area contributed by atoms with E-state index in [0.717, 1.165) is 10.2 Å². The Balaban J connectivity index is 1.63. The zero-order valence-electron chi connectivity index (χ0n) is 20.9. The second kappa shape index (κ2) is 10.3. The second-order valence-electron chi connectivity index (χ2n) is 8.64. The van der Waals surface area contributed by atoms with E-state index >= 15 is 0 Å². The molecule has 0 bridgehead atoms. The van der Waals surface area contributed by atoms with Crippen LogP contribution in [0, 0.1) is 11.2 Å². The van der Waals surface area contributed by atoms with Crippen molar-refractivity contribution in [3.63, 3.8) is 0 Å². The van der Waals surface area contributed by atoms with Crippen LogP contribution >= 0.6 is 0 Å². The lowest BCUT2D eigenvalue weighted by Crippen LogP contribution is -2.18. The van der Waals surface area contributed by atoms with Crippen LogP contribution in [0.5, 0.6) is 17.2 Å². The lowest BCUT2D eigenvalue weighted by Gasteiger charge is -2.21. The van der Waals surface area contributed by atoms with Crippen LogP contribution in [-0.4, -0.2) is 45.3 Å². The molecular weight excluding hydrogens is 509 g/mol. The SMILES string of the molecule is COc1cc([C@H](Nc2ccc(C(=N)N)c(OC(C)=O)c2)c2nn(-c3ncccc3F)c(=O)[nH]2)cc2c1OCC2. The minimum absolute atomic E-state index is 0.0771. The summed E-state index contributed by atoms with van der Waals surface area (Å²) in [6, 6.07) is 10.1. The fourth-order valence-electron chi connectivity index (χ4n) is 4.31. The monoisotopic (exact) mass is 533 g/mol. The molecule has 5 N–H and O–H groups in total. The number of hydrogen-bond acceptors (Lipinski definition) is 9. The van der Waals surface area contributed by atoms with Crippen LogP contribution in [0.2, 0.25) is 0 Å². The third-order valence-corrected chi connectivity index (χ3v) is 6.01. The molecule has 39 heavy (non-hydrogen) atoms. The van der Waals surface area contributed by atoms with Gasteiger partial charge in [-0.3, -0.25) is 15.2 Å². The lowest BCUT2D eigenvalue weighted by molar-refractivity contribution is -0.131. The highest BCUT2D eigenvalue weighted by Gasteiger charge is 2.26. The van der Waals surface area contributed by atoms with E-state index in [-0.39, 0.29) is 28.8 Å². The predicted molar refractivity (Wildman–Crippen MR) is 138 cm³/mol.